The zero-order valence-corrected chi connectivity index (χ0v) is 23.3. The van der Waals surface area contributed by atoms with Gasteiger partial charge in [0.05, 0.1) is 35.2 Å². The van der Waals surface area contributed by atoms with Gasteiger partial charge in [-0.3, -0.25) is 28.9 Å². The molecule has 1 aromatic rings. The molecule has 0 heterocycles. The van der Waals surface area contributed by atoms with E-state index in [-0.39, 0.29) is 11.3 Å². The second-order valence-electron chi connectivity index (χ2n) is 11.6. The first kappa shape index (κ1) is 29.8. The van der Waals surface area contributed by atoms with E-state index >= 15 is 0 Å². The molecule has 0 saturated heterocycles. The highest BCUT2D eigenvalue weighted by Crippen LogP contribution is 2.55. The van der Waals surface area contributed by atoms with Gasteiger partial charge in [-0.25, -0.2) is 0 Å². The molecule has 218 valence electrons. The number of hydrogen-bond acceptors (Lipinski definition) is 10. The molecule has 1 aromatic carbocycles. The molecule has 0 radical (unpaired) electrons. The summed E-state index contributed by atoms with van der Waals surface area (Å²) in [7, 11) is 2.92. The summed E-state index contributed by atoms with van der Waals surface area (Å²) in [6.07, 6.45) is 3.58. The van der Waals surface area contributed by atoms with Crippen LogP contribution in [0, 0.1) is 23.7 Å². The lowest BCUT2D eigenvalue weighted by Crippen LogP contribution is -2.77. The zero-order chi connectivity index (χ0) is 29.7. The molecular weight excluding hydrogens is 518 g/mol. The van der Waals surface area contributed by atoms with Gasteiger partial charge < -0.3 is 26.4 Å². The lowest BCUT2D eigenvalue weighted by atomic mass is 9.49. The third-order valence-electron chi connectivity index (χ3n) is 9.09. The average Bonchev–Trinajstić information content (AvgIpc) is 2.88. The van der Waals surface area contributed by atoms with Crippen molar-refractivity contribution in [3.8, 4) is 5.75 Å². The number of aromatic hydroxyl groups is 1. The number of amides is 1. The number of aliphatic hydroxyl groups is 2. The van der Waals surface area contributed by atoms with E-state index in [1.165, 1.54) is 19.0 Å². The van der Waals surface area contributed by atoms with Gasteiger partial charge in [-0.1, -0.05) is 45.6 Å². The number of benzene rings is 1. The van der Waals surface area contributed by atoms with Crippen LogP contribution >= 0.6 is 0 Å². The summed E-state index contributed by atoms with van der Waals surface area (Å²) in [5.74, 6) is -13.2. The number of aliphatic hydroxyl groups excluding tert-OH is 1. The summed E-state index contributed by atoms with van der Waals surface area (Å²) in [6.45, 7) is 4.38. The highest BCUT2D eigenvalue weighted by Gasteiger charge is 2.72. The zero-order valence-electron chi connectivity index (χ0n) is 23.3. The molecule has 2 unspecified atom stereocenters. The first-order valence-electron chi connectivity index (χ1n) is 13.9. The molecule has 2 saturated carbocycles. The van der Waals surface area contributed by atoms with Crippen LogP contribution in [0.2, 0.25) is 0 Å². The number of Topliss-reactive ketones (excluding diaryl/α,β-unsaturated/α-hetero) is 4. The molecule has 0 bridgehead atoms. The Morgan fingerprint density at radius 3 is 2.33 bits per heavy atom. The molecule has 1 amide bonds. The maximum atomic E-state index is 14.0. The summed E-state index contributed by atoms with van der Waals surface area (Å²) in [6, 6.07) is 1.92. The summed E-state index contributed by atoms with van der Waals surface area (Å²) in [4.78, 5) is 67.9. The van der Waals surface area contributed by atoms with Crippen LogP contribution in [-0.4, -0.2) is 87.6 Å². The Labute approximate surface area is 233 Å². The number of hydrogen-bond donors (Lipinski definition) is 5. The number of fused-ring (bicyclic) bond motifs is 3. The predicted molar refractivity (Wildman–Crippen MR) is 145 cm³/mol. The number of nitrogens with zero attached hydrogens (tertiary/aromatic N) is 1. The van der Waals surface area contributed by atoms with Crippen molar-refractivity contribution in [1.82, 2.24) is 4.90 Å². The van der Waals surface area contributed by atoms with E-state index in [0.29, 0.717) is 17.8 Å². The van der Waals surface area contributed by atoms with Gasteiger partial charge in [-0.2, -0.15) is 0 Å². The first-order valence-corrected chi connectivity index (χ1v) is 13.9. The average molecular weight is 558 g/mol. The summed E-state index contributed by atoms with van der Waals surface area (Å²) in [5, 5.41) is 37.6. The molecule has 3 aliphatic carbocycles. The minimum Gasteiger partial charge on any atom is -0.505 e. The smallest absolute Gasteiger partial charge is 0.235 e. The molecule has 0 aromatic heterocycles. The van der Waals surface area contributed by atoms with Crippen LogP contribution in [-0.2, 0) is 19.2 Å². The molecule has 11 heteroatoms. The van der Waals surface area contributed by atoms with E-state index in [4.69, 9.17) is 5.73 Å². The van der Waals surface area contributed by atoms with Crippen LogP contribution in [0.4, 0.5) is 5.69 Å². The largest absolute Gasteiger partial charge is 0.505 e. The minimum absolute atomic E-state index is 0.109. The van der Waals surface area contributed by atoms with Crippen molar-refractivity contribution < 1.29 is 39.3 Å². The van der Waals surface area contributed by atoms with Gasteiger partial charge in [0.25, 0.3) is 0 Å². The molecule has 3 aliphatic rings. The topological polar surface area (TPSA) is 187 Å². The van der Waals surface area contributed by atoms with E-state index in [0.717, 1.165) is 32.1 Å². The van der Waals surface area contributed by atoms with Gasteiger partial charge in [-0.05, 0) is 38.1 Å². The monoisotopic (exact) mass is 557 g/mol. The number of primary amides is 1. The van der Waals surface area contributed by atoms with Crippen molar-refractivity contribution in [2.75, 3.05) is 26.0 Å². The fourth-order valence-electron chi connectivity index (χ4n) is 7.08. The van der Waals surface area contributed by atoms with Crippen LogP contribution < -0.4 is 11.1 Å². The number of phenolic OH excluding ortho intramolecular Hbond substituents is 1. The first-order chi connectivity index (χ1) is 18.8. The van der Waals surface area contributed by atoms with Gasteiger partial charge in [-0.15, -0.1) is 0 Å². The maximum Gasteiger partial charge on any atom is 0.235 e. The van der Waals surface area contributed by atoms with Crippen molar-refractivity contribution in [3.05, 3.63) is 23.3 Å². The summed E-state index contributed by atoms with van der Waals surface area (Å²) in [5.41, 5.74) is 2.96. The Hall–Kier alpha value is -3.15. The van der Waals surface area contributed by atoms with E-state index < -0.39 is 76.4 Å². The van der Waals surface area contributed by atoms with Crippen LogP contribution in [0.5, 0.6) is 5.75 Å². The Kier molecular flexibility index (Phi) is 8.22. The molecule has 4 rings (SSSR count). The van der Waals surface area contributed by atoms with Crippen molar-refractivity contribution in [2.24, 2.45) is 29.4 Å². The number of nitrogens with one attached hydrogen (secondary N) is 1. The summed E-state index contributed by atoms with van der Waals surface area (Å²) >= 11 is 0. The van der Waals surface area contributed by atoms with Gasteiger partial charge in [0, 0.05) is 12.5 Å². The molecule has 2 fully saturated rings. The number of rotatable bonds is 9. The molecule has 0 aliphatic heterocycles. The third-order valence-corrected chi connectivity index (χ3v) is 9.09. The molecule has 40 heavy (non-hydrogen) atoms. The fourth-order valence-corrected chi connectivity index (χ4v) is 7.08. The van der Waals surface area contributed by atoms with Crippen LogP contribution in [0.25, 0.3) is 0 Å². The van der Waals surface area contributed by atoms with Gasteiger partial charge >= 0.3 is 0 Å². The Balaban J connectivity index is 1.75. The highest BCUT2D eigenvalue weighted by atomic mass is 16.3. The fraction of sp³-hybridized carbons (Fsp3) is 0.621. The molecule has 11 nitrogen and oxygen atoms in total. The Morgan fingerprint density at radius 1 is 1.07 bits per heavy atom. The second kappa shape index (κ2) is 11.0. The standard InChI is InChI=1S/C29H39N3O8/c1-5-6-7-8-9-12-31-15-11-10-14-13(2)16-18(23(34)17(14)22(15)33)26(37)29(40)20(24(16)35)21(32(3)4)25(36)19(27(29)38)28(30)39/h10-11,13,16,18-21,24,31,33,35,40H,5-9,12H2,1-4H3,(H2,30,39)/t13-,16+,18?,19?,20+,21-,24-,29-/m0/s1. The molecule has 0 spiro atoms. The van der Waals surface area contributed by atoms with E-state index in [1.807, 2.05) is 0 Å². The van der Waals surface area contributed by atoms with Gasteiger partial charge in [0.2, 0.25) is 5.91 Å². The van der Waals surface area contributed by atoms with Crippen LogP contribution in [0.3, 0.4) is 0 Å². The molecule has 8 atom stereocenters. The van der Waals surface area contributed by atoms with E-state index in [2.05, 4.69) is 12.2 Å². The minimum atomic E-state index is -3.00. The molecule has 6 N–H and O–H groups in total. The number of phenols is 1. The van der Waals surface area contributed by atoms with Gasteiger partial charge in [0.1, 0.15) is 5.75 Å². The number of likely N-dealkylation sites (N-methyl/N-ethyl adjacent to an activating group) is 1. The van der Waals surface area contributed by atoms with Crippen molar-refractivity contribution in [1.29, 1.82) is 0 Å². The van der Waals surface area contributed by atoms with Crippen LogP contribution in [0.15, 0.2) is 12.1 Å². The SMILES string of the molecule is CCCCCCCNc1ccc2c(c1O)C(=O)C1C(=O)[C@]3(O)C(=O)C(C(N)=O)C(=O)[C@@H](N(C)C)[C@@H]3[C@@H](O)[C@@H]1[C@H]2C. The lowest BCUT2D eigenvalue weighted by Gasteiger charge is -2.56. The van der Waals surface area contributed by atoms with Crippen molar-refractivity contribution in [3.63, 3.8) is 0 Å². The third kappa shape index (κ3) is 4.35. The normalized spacial score (nSPS) is 33.4. The van der Waals surface area contributed by atoms with Gasteiger partial charge in [0.15, 0.2) is 34.7 Å². The number of unbranched alkanes of at least 4 members (excludes halogenated alkanes) is 4. The Morgan fingerprint density at radius 2 is 1.73 bits per heavy atom. The van der Waals surface area contributed by atoms with Crippen molar-refractivity contribution >= 4 is 34.7 Å². The lowest BCUT2D eigenvalue weighted by molar-refractivity contribution is -0.196. The van der Waals surface area contributed by atoms with E-state index in [9.17, 15) is 39.3 Å². The van der Waals surface area contributed by atoms with E-state index in [1.54, 1.807) is 19.1 Å². The Bertz CT molecular complexity index is 1250. The highest BCUT2D eigenvalue weighted by molar-refractivity contribution is 6.32. The number of nitrogens with two attached hydrogens (primary N) is 1. The number of carbonyl (C=O) groups excluding carboxylic acids is 5. The predicted octanol–water partition coefficient (Wildman–Crippen LogP) is 0.781. The quantitative estimate of drug-likeness (QED) is 0.165. The molecular formula is C29H39N3O8. The summed E-state index contributed by atoms with van der Waals surface area (Å²) < 4.78 is 0. The number of carbonyl (C=O) groups is 5. The number of anilines is 1. The maximum absolute atomic E-state index is 14.0. The second-order valence-corrected chi connectivity index (χ2v) is 11.6. The van der Waals surface area contributed by atoms with Crippen molar-refractivity contribution in [2.45, 2.75) is 69.6 Å². The van der Waals surface area contributed by atoms with Crippen LogP contribution in [0.1, 0.15) is 67.8 Å². The number of ketones is 4.